The standard InChI is InChI=1S/C10H15N3/c1-2-8(10(11)12)7-9-5-3-4-6-13-9/h3-7,10H,2,11-12H2,1H3. The first-order valence-electron chi connectivity index (χ1n) is 4.36. The van der Waals surface area contributed by atoms with Crippen LogP contribution in [0.2, 0.25) is 0 Å². The van der Waals surface area contributed by atoms with Crippen LogP contribution < -0.4 is 11.5 Å². The SMILES string of the molecule is CCC(=Cc1ccccn1)C(N)N. The maximum absolute atomic E-state index is 5.58. The molecule has 0 saturated heterocycles. The van der Waals surface area contributed by atoms with Gasteiger partial charge in [0.15, 0.2) is 0 Å². The highest BCUT2D eigenvalue weighted by Gasteiger charge is 2.00. The van der Waals surface area contributed by atoms with Gasteiger partial charge in [0.1, 0.15) is 0 Å². The highest BCUT2D eigenvalue weighted by atomic mass is 14.8. The average Bonchev–Trinajstić information content (AvgIpc) is 2.15. The molecule has 0 atom stereocenters. The summed E-state index contributed by atoms with van der Waals surface area (Å²) in [6, 6.07) is 5.75. The van der Waals surface area contributed by atoms with Crippen LogP contribution in [0.15, 0.2) is 30.0 Å². The molecule has 0 aliphatic carbocycles. The van der Waals surface area contributed by atoms with Crippen molar-refractivity contribution in [3.63, 3.8) is 0 Å². The zero-order valence-electron chi connectivity index (χ0n) is 7.77. The van der Waals surface area contributed by atoms with Crippen LogP contribution in [0.5, 0.6) is 0 Å². The molecule has 0 aliphatic heterocycles. The molecule has 0 aliphatic rings. The van der Waals surface area contributed by atoms with Gasteiger partial charge in [-0.15, -0.1) is 0 Å². The number of nitrogens with two attached hydrogens (primary N) is 2. The lowest BCUT2D eigenvalue weighted by molar-refractivity contribution is 0.785. The van der Waals surface area contributed by atoms with Gasteiger partial charge in [-0.25, -0.2) is 0 Å². The summed E-state index contributed by atoms with van der Waals surface area (Å²) in [5, 5.41) is 0. The van der Waals surface area contributed by atoms with E-state index in [1.54, 1.807) is 6.20 Å². The Bertz CT molecular complexity index is 277. The van der Waals surface area contributed by atoms with E-state index in [9.17, 15) is 0 Å². The molecule has 0 unspecified atom stereocenters. The largest absolute Gasteiger partial charge is 0.313 e. The maximum atomic E-state index is 5.58. The Kier molecular flexibility index (Phi) is 3.61. The van der Waals surface area contributed by atoms with E-state index in [0.29, 0.717) is 0 Å². The quantitative estimate of drug-likeness (QED) is 0.680. The Hall–Kier alpha value is -1.19. The predicted octanol–water partition coefficient (Wildman–Crippen LogP) is 1.12. The van der Waals surface area contributed by atoms with Gasteiger partial charge in [0, 0.05) is 6.20 Å². The molecular formula is C10H15N3. The Labute approximate surface area is 78.5 Å². The lowest BCUT2D eigenvalue weighted by Gasteiger charge is -2.08. The van der Waals surface area contributed by atoms with Crippen molar-refractivity contribution in [3.05, 3.63) is 35.7 Å². The van der Waals surface area contributed by atoms with Gasteiger partial charge in [-0.2, -0.15) is 0 Å². The van der Waals surface area contributed by atoms with E-state index in [1.165, 1.54) is 0 Å². The van der Waals surface area contributed by atoms with Crippen LogP contribution in [0.3, 0.4) is 0 Å². The lowest BCUT2D eigenvalue weighted by Crippen LogP contribution is -2.32. The van der Waals surface area contributed by atoms with E-state index in [2.05, 4.69) is 4.98 Å². The van der Waals surface area contributed by atoms with Crippen molar-refractivity contribution < 1.29 is 0 Å². The second kappa shape index (κ2) is 4.74. The minimum absolute atomic E-state index is 0.382. The van der Waals surface area contributed by atoms with Gasteiger partial charge in [0.25, 0.3) is 0 Å². The fraction of sp³-hybridized carbons (Fsp3) is 0.300. The molecule has 1 heterocycles. The Morgan fingerprint density at radius 3 is 2.77 bits per heavy atom. The zero-order valence-corrected chi connectivity index (χ0v) is 7.77. The molecule has 0 fully saturated rings. The molecule has 0 radical (unpaired) electrons. The van der Waals surface area contributed by atoms with E-state index < -0.39 is 0 Å². The van der Waals surface area contributed by atoms with Crippen LogP contribution in [-0.2, 0) is 0 Å². The van der Waals surface area contributed by atoms with Gasteiger partial charge in [-0.1, -0.05) is 13.0 Å². The van der Waals surface area contributed by atoms with Gasteiger partial charge in [-0.3, -0.25) is 4.98 Å². The Morgan fingerprint density at radius 1 is 1.54 bits per heavy atom. The third-order valence-corrected chi connectivity index (χ3v) is 1.86. The maximum Gasteiger partial charge on any atom is 0.0747 e. The van der Waals surface area contributed by atoms with Crippen LogP contribution in [0.25, 0.3) is 6.08 Å². The summed E-state index contributed by atoms with van der Waals surface area (Å²) in [6.07, 6.45) is 4.16. The summed E-state index contributed by atoms with van der Waals surface area (Å²) >= 11 is 0. The normalized spacial score (nSPS) is 12.2. The van der Waals surface area contributed by atoms with Gasteiger partial charge in [-0.05, 0) is 30.2 Å². The first-order valence-corrected chi connectivity index (χ1v) is 4.36. The molecule has 0 spiro atoms. The van der Waals surface area contributed by atoms with E-state index in [1.807, 2.05) is 31.2 Å². The third kappa shape index (κ3) is 2.97. The average molecular weight is 177 g/mol. The molecule has 0 amide bonds. The highest BCUT2D eigenvalue weighted by Crippen LogP contribution is 2.07. The molecular weight excluding hydrogens is 162 g/mol. The molecule has 3 nitrogen and oxygen atoms in total. The van der Waals surface area contributed by atoms with Crippen LogP contribution in [0.4, 0.5) is 0 Å². The van der Waals surface area contributed by atoms with Gasteiger partial charge in [0.05, 0.1) is 11.9 Å². The number of hydrogen-bond acceptors (Lipinski definition) is 3. The highest BCUT2D eigenvalue weighted by molar-refractivity contribution is 5.49. The molecule has 1 rings (SSSR count). The van der Waals surface area contributed by atoms with Crippen molar-refractivity contribution in [2.24, 2.45) is 11.5 Å². The molecule has 70 valence electrons. The monoisotopic (exact) mass is 177 g/mol. The predicted molar refractivity (Wildman–Crippen MR) is 54.7 cm³/mol. The first kappa shape index (κ1) is 9.89. The summed E-state index contributed by atoms with van der Waals surface area (Å²) in [4.78, 5) is 4.16. The van der Waals surface area contributed by atoms with E-state index in [4.69, 9.17) is 11.5 Å². The molecule has 4 N–H and O–H groups in total. The second-order valence-corrected chi connectivity index (χ2v) is 2.85. The van der Waals surface area contributed by atoms with Crippen molar-refractivity contribution >= 4 is 6.08 Å². The van der Waals surface area contributed by atoms with Crippen molar-refractivity contribution in [2.45, 2.75) is 19.5 Å². The first-order chi connectivity index (χ1) is 6.24. The van der Waals surface area contributed by atoms with Crippen molar-refractivity contribution in [1.82, 2.24) is 4.98 Å². The molecule has 0 aromatic carbocycles. The fourth-order valence-electron chi connectivity index (χ4n) is 1.09. The number of pyridine rings is 1. The van der Waals surface area contributed by atoms with Gasteiger partial charge < -0.3 is 11.5 Å². The topological polar surface area (TPSA) is 64.9 Å². The van der Waals surface area contributed by atoms with Crippen molar-refractivity contribution in [1.29, 1.82) is 0 Å². The molecule has 1 aromatic rings. The Balaban J connectivity index is 2.85. The fourth-order valence-corrected chi connectivity index (χ4v) is 1.09. The smallest absolute Gasteiger partial charge is 0.0747 e. The molecule has 0 bridgehead atoms. The van der Waals surface area contributed by atoms with Gasteiger partial charge >= 0.3 is 0 Å². The number of aromatic nitrogens is 1. The number of rotatable bonds is 3. The summed E-state index contributed by atoms with van der Waals surface area (Å²) < 4.78 is 0. The lowest BCUT2D eigenvalue weighted by atomic mass is 10.1. The number of hydrogen-bond donors (Lipinski definition) is 2. The third-order valence-electron chi connectivity index (χ3n) is 1.86. The summed E-state index contributed by atoms with van der Waals surface area (Å²) in [7, 11) is 0. The van der Waals surface area contributed by atoms with E-state index >= 15 is 0 Å². The molecule has 13 heavy (non-hydrogen) atoms. The van der Waals surface area contributed by atoms with Crippen LogP contribution in [-0.4, -0.2) is 11.1 Å². The molecule has 3 heteroatoms. The molecule has 1 aromatic heterocycles. The van der Waals surface area contributed by atoms with E-state index in [0.717, 1.165) is 17.7 Å². The minimum atomic E-state index is -0.382. The van der Waals surface area contributed by atoms with E-state index in [-0.39, 0.29) is 6.17 Å². The zero-order chi connectivity index (χ0) is 9.68. The summed E-state index contributed by atoms with van der Waals surface area (Å²) in [6.45, 7) is 2.03. The Morgan fingerprint density at radius 2 is 2.31 bits per heavy atom. The van der Waals surface area contributed by atoms with Gasteiger partial charge in [0.2, 0.25) is 0 Å². The van der Waals surface area contributed by atoms with Crippen molar-refractivity contribution in [3.8, 4) is 0 Å². The van der Waals surface area contributed by atoms with Crippen molar-refractivity contribution in [2.75, 3.05) is 0 Å². The second-order valence-electron chi connectivity index (χ2n) is 2.85. The summed E-state index contributed by atoms with van der Waals surface area (Å²) in [5.41, 5.74) is 13.1. The number of nitrogens with zero attached hydrogens (tertiary/aromatic N) is 1. The molecule has 0 saturated carbocycles. The van der Waals surface area contributed by atoms with Crippen LogP contribution >= 0.6 is 0 Å². The van der Waals surface area contributed by atoms with Crippen LogP contribution in [0.1, 0.15) is 19.0 Å². The minimum Gasteiger partial charge on any atom is -0.313 e. The summed E-state index contributed by atoms with van der Waals surface area (Å²) in [5.74, 6) is 0. The van der Waals surface area contributed by atoms with Crippen LogP contribution in [0, 0.1) is 0 Å².